The second kappa shape index (κ2) is 9.77. The van der Waals surface area contributed by atoms with E-state index in [0.717, 1.165) is 17.9 Å². The Balaban J connectivity index is 1.60. The Labute approximate surface area is 142 Å². The number of carbonyl (C=O) groups is 2. The number of rotatable bonds is 6. The lowest BCUT2D eigenvalue weighted by Gasteiger charge is -2.12. The van der Waals surface area contributed by atoms with Crippen LogP contribution in [0.5, 0.6) is 0 Å². The molecule has 0 spiro atoms. The van der Waals surface area contributed by atoms with Crippen LogP contribution in [-0.4, -0.2) is 30.3 Å². The zero-order chi connectivity index (χ0) is 17.2. The van der Waals surface area contributed by atoms with Gasteiger partial charge in [-0.2, -0.15) is 0 Å². The number of amides is 4. The highest BCUT2D eigenvalue weighted by Crippen LogP contribution is 2.26. The van der Waals surface area contributed by atoms with Gasteiger partial charge >= 0.3 is 12.1 Å². The molecule has 5 N–H and O–H groups in total. The molecule has 0 bridgehead atoms. The van der Waals surface area contributed by atoms with Crippen LogP contribution in [0.15, 0.2) is 24.3 Å². The Morgan fingerprint density at radius 1 is 1.04 bits per heavy atom. The van der Waals surface area contributed by atoms with Crippen LogP contribution < -0.4 is 21.5 Å². The van der Waals surface area contributed by atoms with Crippen LogP contribution in [0, 0.1) is 5.92 Å². The molecule has 2 rings (SSSR count). The maximum Gasteiger partial charge on any atom is 0.337 e. The SMILES string of the molecule is O=C(NCCC1CCCC1)NNC(=O)Nc1ccc(CCO)cc1. The zero-order valence-corrected chi connectivity index (χ0v) is 13.8. The third kappa shape index (κ3) is 6.45. The van der Waals surface area contributed by atoms with Crippen molar-refractivity contribution in [3.8, 4) is 0 Å². The molecular formula is C17H26N4O3. The molecule has 132 valence electrons. The van der Waals surface area contributed by atoms with Crippen LogP contribution in [0.25, 0.3) is 0 Å². The van der Waals surface area contributed by atoms with Gasteiger partial charge in [0.05, 0.1) is 0 Å². The van der Waals surface area contributed by atoms with Crippen LogP contribution in [-0.2, 0) is 6.42 Å². The van der Waals surface area contributed by atoms with E-state index in [4.69, 9.17) is 5.11 Å². The normalized spacial score (nSPS) is 14.2. The van der Waals surface area contributed by atoms with Gasteiger partial charge in [0.2, 0.25) is 0 Å². The van der Waals surface area contributed by atoms with Gasteiger partial charge < -0.3 is 15.7 Å². The number of urea groups is 2. The molecule has 0 radical (unpaired) electrons. The fraction of sp³-hybridized carbons (Fsp3) is 0.529. The van der Waals surface area contributed by atoms with Gasteiger partial charge in [0.25, 0.3) is 0 Å². The number of hydrazine groups is 1. The first kappa shape index (κ1) is 18.1. The van der Waals surface area contributed by atoms with Crippen LogP contribution in [0.3, 0.4) is 0 Å². The second-order valence-corrected chi connectivity index (χ2v) is 6.07. The standard InChI is InChI=1S/C17H26N4O3/c22-12-10-14-5-7-15(8-6-14)19-17(24)21-20-16(23)18-11-9-13-3-1-2-4-13/h5-8,13,22H,1-4,9-12H2,(H2,18,20,23)(H2,19,21,24). The van der Waals surface area contributed by atoms with Crippen molar-refractivity contribution >= 4 is 17.7 Å². The monoisotopic (exact) mass is 334 g/mol. The average molecular weight is 334 g/mol. The third-order valence-corrected chi connectivity index (χ3v) is 4.21. The van der Waals surface area contributed by atoms with Crippen molar-refractivity contribution < 1.29 is 14.7 Å². The Bertz CT molecular complexity index is 527. The highest BCUT2D eigenvalue weighted by atomic mass is 16.3. The fourth-order valence-corrected chi connectivity index (χ4v) is 2.89. The number of nitrogens with one attached hydrogen (secondary N) is 4. The van der Waals surface area contributed by atoms with Gasteiger partial charge in [-0.25, -0.2) is 20.4 Å². The van der Waals surface area contributed by atoms with Gasteiger partial charge in [-0.15, -0.1) is 0 Å². The molecule has 1 aliphatic carbocycles. The molecule has 1 aromatic rings. The molecule has 0 unspecified atom stereocenters. The van der Waals surface area contributed by atoms with Crippen molar-refractivity contribution in [2.75, 3.05) is 18.5 Å². The van der Waals surface area contributed by atoms with Crippen molar-refractivity contribution in [2.45, 2.75) is 38.5 Å². The Morgan fingerprint density at radius 2 is 1.71 bits per heavy atom. The molecule has 1 fully saturated rings. The highest BCUT2D eigenvalue weighted by Gasteiger charge is 2.14. The molecule has 0 saturated heterocycles. The van der Waals surface area contributed by atoms with Gasteiger partial charge in [-0.1, -0.05) is 37.8 Å². The lowest BCUT2D eigenvalue weighted by Crippen LogP contribution is -2.48. The molecular weight excluding hydrogens is 308 g/mol. The molecule has 7 heteroatoms. The predicted octanol–water partition coefficient (Wildman–Crippen LogP) is 2.14. The van der Waals surface area contributed by atoms with Crippen molar-refractivity contribution in [1.82, 2.24) is 16.2 Å². The molecule has 1 aliphatic rings. The van der Waals surface area contributed by atoms with E-state index in [2.05, 4.69) is 21.5 Å². The van der Waals surface area contributed by atoms with E-state index in [9.17, 15) is 9.59 Å². The van der Waals surface area contributed by atoms with Crippen molar-refractivity contribution in [2.24, 2.45) is 5.92 Å². The predicted molar refractivity (Wildman–Crippen MR) is 92.5 cm³/mol. The van der Waals surface area contributed by atoms with Crippen LogP contribution in [0.4, 0.5) is 15.3 Å². The van der Waals surface area contributed by atoms with Gasteiger partial charge in [-0.05, 0) is 36.5 Å². The van der Waals surface area contributed by atoms with Crippen LogP contribution >= 0.6 is 0 Å². The summed E-state index contributed by atoms with van der Waals surface area (Å²) in [4.78, 5) is 23.3. The van der Waals surface area contributed by atoms with Crippen LogP contribution in [0.2, 0.25) is 0 Å². The van der Waals surface area contributed by atoms with E-state index < -0.39 is 12.1 Å². The molecule has 0 aromatic heterocycles. The van der Waals surface area contributed by atoms with E-state index in [1.165, 1.54) is 25.7 Å². The first-order valence-corrected chi connectivity index (χ1v) is 8.48. The summed E-state index contributed by atoms with van der Waals surface area (Å²) in [6.07, 6.45) is 6.65. The maximum atomic E-state index is 11.7. The summed E-state index contributed by atoms with van der Waals surface area (Å²) < 4.78 is 0. The number of aliphatic hydroxyl groups excluding tert-OH is 1. The number of hydrogen-bond acceptors (Lipinski definition) is 3. The molecule has 1 aromatic carbocycles. The Hall–Kier alpha value is -2.28. The van der Waals surface area contributed by atoms with Gasteiger partial charge in [0, 0.05) is 18.8 Å². The number of aliphatic hydroxyl groups is 1. The lowest BCUT2D eigenvalue weighted by molar-refractivity contribution is 0.229. The summed E-state index contributed by atoms with van der Waals surface area (Å²) in [7, 11) is 0. The van der Waals surface area contributed by atoms with E-state index in [1.807, 2.05) is 12.1 Å². The first-order valence-electron chi connectivity index (χ1n) is 8.48. The fourth-order valence-electron chi connectivity index (χ4n) is 2.89. The van der Waals surface area contributed by atoms with E-state index in [0.29, 0.717) is 18.7 Å². The maximum absolute atomic E-state index is 11.7. The molecule has 0 atom stereocenters. The number of anilines is 1. The molecule has 4 amide bonds. The van der Waals surface area contributed by atoms with Crippen molar-refractivity contribution in [1.29, 1.82) is 0 Å². The Kier molecular flexibility index (Phi) is 7.35. The van der Waals surface area contributed by atoms with Gasteiger partial charge in [0.1, 0.15) is 0 Å². The Morgan fingerprint density at radius 3 is 2.38 bits per heavy atom. The zero-order valence-electron chi connectivity index (χ0n) is 13.8. The molecule has 0 aliphatic heterocycles. The molecule has 0 heterocycles. The minimum Gasteiger partial charge on any atom is -0.396 e. The number of hydrogen-bond donors (Lipinski definition) is 5. The van der Waals surface area contributed by atoms with Crippen molar-refractivity contribution in [3.63, 3.8) is 0 Å². The smallest absolute Gasteiger partial charge is 0.337 e. The molecule has 7 nitrogen and oxygen atoms in total. The topological polar surface area (TPSA) is 102 Å². The quantitative estimate of drug-likeness (QED) is 0.515. The summed E-state index contributed by atoms with van der Waals surface area (Å²) in [5.74, 6) is 0.718. The number of carbonyl (C=O) groups excluding carboxylic acids is 2. The van der Waals surface area contributed by atoms with E-state index in [-0.39, 0.29) is 6.61 Å². The summed E-state index contributed by atoms with van der Waals surface area (Å²) in [6.45, 7) is 0.707. The first-order chi connectivity index (χ1) is 11.7. The average Bonchev–Trinajstić information content (AvgIpc) is 3.08. The minimum absolute atomic E-state index is 0.0903. The van der Waals surface area contributed by atoms with Crippen LogP contribution in [0.1, 0.15) is 37.7 Å². The van der Waals surface area contributed by atoms with E-state index >= 15 is 0 Å². The van der Waals surface area contributed by atoms with Gasteiger partial charge in [0.15, 0.2) is 0 Å². The second-order valence-electron chi connectivity index (χ2n) is 6.07. The number of benzene rings is 1. The molecule has 1 saturated carbocycles. The molecule has 24 heavy (non-hydrogen) atoms. The van der Waals surface area contributed by atoms with E-state index in [1.54, 1.807) is 12.1 Å². The minimum atomic E-state index is -0.518. The highest BCUT2D eigenvalue weighted by molar-refractivity contribution is 5.90. The van der Waals surface area contributed by atoms with Crippen molar-refractivity contribution in [3.05, 3.63) is 29.8 Å². The summed E-state index contributed by atoms with van der Waals surface area (Å²) in [5, 5.41) is 14.2. The summed E-state index contributed by atoms with van der Waals surface area (Å²) in [5.41, 5.74) is 6.21. The third-order valence-electron chi connectivity index (χ3n) is 4.21. The summed E-state index contributed by atoms with van der Waals surface area (Å²) >= 11 is 0. The summed E-state index contributed by atoms with van der Waals surface area (Å²) in [6, 6.07) is 6.21. The van der Waals surface area contributed by atoms with Gasteiger partial charge in [-0.3, -0.25) is 0 Å². The lowest BCUT2D eigenvalue weighted by atomic mass is 10.0. The largest absolute Gasteiger partial charge is 0.396 e.